The van der Waals surface area contributed by atoms with Crippen molar-refractivity contribution < 1.29 is 0 Å². The molecule has 0 atom stereocenters. The first-order valence-corrected chi connectivity index (χ1v) is 12.4. The molecule has 1 saturated carbocycles. The molecule has 4 aromatic rings. The van der Waals surface area contributed by atoms with Crippen molar-refractivity contribution in [3.8, 4) is 11.1 Å². The van der Waals surface area contributed by atoms with E-state index >= 15 is 0 Å². The van der Waals surface area contributed by atoms with E-state index in [1.54, 1.807) is 6.92 Å². The number of aromatic nitrogens is 2. The molecule has 0 aliphatic heterocycles. The zero-order valence-electron chi connectivity index (χ0n) is 19.8. The molecule has 2 heterocycles. The normalized spacial score (nSPS) is 14.4. The summed E-state index contributed by atoms with van der Waals surface area (Å²) >= 11 is 0. The van der Waals surface area contributed by atoms with Crippen molar-refractivity contribution in [2.75, 3.05) is 11.1 Å². The second-order valence-corrected chi connectivity index (χ2v) is 9.44. The van der Waals surface area contributed by atoms with Gasteiger partial charge >= 0.3 is 0 Å². The van der Waals surface area contributed by atoms with Crippen LogP contribution in [0.4, 0.5) is 11.5 Å². The summed E-state index contributed by atoms with van der Waals surface area (Å²) in [4.78, 5) is 5.09. The molecule has 5 nitrogen and oxygen atoms in total. The predicted octanol–water partition coefficient (Wildman–Crippen LogP) is 6.50. The minimum absolute atomic E-state index is 0.475. The molecule has 0 spiro atoms. The highest BCUT2D eigenvalue weighted by Gasteiger charge is 2.19. The highest BCUT2D eigenvalue weighted by atomic mass is 15.1. The monoisotopic (exact) mass is 451 g/mol. The number of nitrogens with one attached hydrogen (secondary N) is 2. The first-order chi connectivity index (χ1) is 16.6. The largest absolute Gasteiger partial charge is 0.398 e. The van der Waals surface area contributed by atoms with E-state index in [0.29, 0.717) is 17.4 Å². The fourth-order valence-electron chi connectivity index (χ4n) is 5.01. The number of nitrogen functional groups attached to an aromatic ring is 1. The lowest BCUT2D eigenvalue weighted by molar-refractivity contribution is 0.461. The molecule has 2 aromatic heterocycles. The van der Waals surface area contributed by atoms with E-state index < -0.39 is 0 Å². The number of imidazole rings is 1. The van der Waals surface area contributed by atoms with E-state index in [9.17, 15) is 0 Å². The summed E-state index contributed by atoms with van der Waals surface area (Å²) in [5, 5.41) is 11.9. The molecule has 5 heteroatoms. The molecular weight excluding hydrogens is 418 g/mol. The van der Waals surface area contributed by atoms with Gasteiger partial charge in [-0.15, -0.1) is 0 Å². The maximum absolute atomic E-state index is 8.03. The van der Waals surface area contributed by atoms with Gasteiger partial charge in [0.2, 0.25) is 0 Å². The summed E-state index contributed by atoms with van der Waals surface area (Å²) in [5.74, 6) is 1.14. The summed E-state index contributed by atoms with van der Waals surface area (Å²) < 4.78 is 2.21. The molecule has 34 heavy (non-hydrogen) atoms. The molecule has 0 unspecified atom stereocenters. The Balaban J connectivity index is 1.51. The third-order valence-electron chi connectivity index (χ3n) is 6.93. The third kappa shape index (κ3) is 4.69. The fraction of sp³-hybridized carbons (Fsp3) is 0.310. The Morgan fingerprint density at radius 2 is 1.76 bits per heavy atom. The molecular formula is C29H33N5. The van der Waals surface area contributed by atoms with Crippen LogP contribution in [0.15, 0.2) is 66.9 Å². The van der Waals surface area contributed by atoms with Gasteiger partial charge in [0.15, 0.2) is 0 Å². The van der Waals surface area contributed by atoms with Crippen molar-refractivity contribution in [2.45, 2.75) is 57.9 Å². The quantitative estimate of drug-likeness (QED) is 0.222. The molecule has 0 bridgehead atoms. The smallest absolute Gasteiger partial charge is 0.139 e. The van der Waals surface area contributed by atoms with E-state index in [2.05, 4.69) is 58.4 Å². The van der Waals surface area contributed by atoms with Crippen LogP contribution in [0.2, 0.25) is 0 Å². The number of hydrogen-bond acceptors (Lipinski definition) is 4. The molecule has 5 rings (SSSR count). The van der Waals surface area contributed by atoms with Crippen LogP contribution < -0.4 is 11.1 Å². The van der Waals surface area contributed by atoms with Crippen molar-refractivity contribution in [3.63, 3.8) is 0 Å². The maximum atomic E-state index is 8.03. The van der Waals surface area contributed by atoms with Crippen LogP contribution in [0.3, 0.4) is 0 Å². The Bertz CT molecular complexity index is 1300. The Kier molecular flexibility index (Phi) is 6.35. The van der Waals surface area contributed by atoms with Crippen LogP contribution in [-0.2, 0) is 12.8 Å². The number of nitrogens with two attached hydrogens (primary N) is 1. The maximum Gasteiger partial charge on any atom is 0.139 e. The Hall–Kier alpha value is -3.60. The van der Waals surface area contributed by atoms with Crippen molar-refractivity contribution >= 4 is 22.9 Å². The average molecular weight is 452 g/mol. The summed E-state index contributed by atoms with van der Waals surface area (Å²) in [7, 11) is 0. The molecule has 0 amide bonds. The van der Waals surface area contributed by atoms with Crippen molar-refractivity contribution in [2.24, 2.45) is 0 Å². The summed E-state index contributed by atoms with van der Waals surface area (Å²) in [6, 6.07) is 21.3. The fourth-order valence-corrected chi connectivity index (χ4v) is 5.01. The Morgan fingerprint density at radius 1 is 1.00 bits per heavy atom. The summed E-state index contributed by atoms with van der Waals surface area (Å²) in [6.45, 7) is 1.77. The van der Waals surface area contributed by atoms with E-state index in [0.717, 1.165) is 46.7 Å². The molecule has 0 saturated heterocycles. The van der Waals surface area contributed by atoms with Gasteiger partial charge in [-0.3, -0.25) is 4.40 Å². The highest BCUT2D eigenvalue weighted by molar-refractivity contribution is 6.02. The number of rotatable bonds is 7. The Morgan fingerprint density at radius 3 is 2.53 bits per heavy atom. The van der Waals surface area contributed by atoms with Gasteiger partial charge in [0, 0.05) is 29.2 Å². The van der Waals surface area contributed by atoms with E-state index in [4.69, 9.17) is 16.1 Å². The highest BCUT2D eigenvalue weighted by Crippen LogP contribution is 2.30. The Labute approximate surface area is 201 Å². The zero-order chi connectivity index (χ0) is 23.5. The molecule has 0 radical (unpaired) electrons. The van der Waals surface area contributed by atoms with Gasteiger partial charge in [0.1, 0.15) is 11.5 Å². The number of pyridine rings is 1. The molecule has 2 aromatic carbocycles. The van der Waals surface area contributed by atoms with Gasteiger partial charge in [0.05, 0.1) is 5.69 Å². The van der Waals surface area contributed by atoms with Gasteiger partial charge in [-0.2, -0.15) is 0 Å². The molecule has 4 N–H and O–H groups in total. The lowest BCUT2D eigenvalue weighted by atomic mass is 9.95. The van der Waals surface area contributed by atoms with Crippen LogP contribution in [-0.4, -0.2) is 21.1 Å². The van der Waals surface area contributed by atoms with Gasteiger partial charge in [-0.1, -0.05) is 55.7 Å². The lowest BCUT2D eigenvalue weighted by Crippen LogP contribution is -2.23. The number of aryl methyl sites for hydroxylation is 2. The number of fused-ring (bicyclic) bond motifs is 1. The van der Waals surface area contributed by atoms with Gasteiger partial charge in [0.25, 0.3) is 0 Å². The zero-order valence-corrected chi connectivity index (χ0v) is 19.8. The summed E-state index contributed by atoms with van der Waals surface area (Å²) in [5.41, 5.74) is 13.5. The van der Waals surface area contributed by atoms with Crippen LogP contribution >= 0.6 is 0 Å². The molecule has 1 aliphatic carbocycles. The van der Waals surface area contributed by atoms with Crippen LogP contribution in [0, 0.1) is 5.41 Å². The first kappa shape index (κ1) is 22.2. The van der Waals surface area contributed by atoms with E-state index in [1.807, 2.05) is 18.2 Å². The van der Waals surface area contributed by atoms with E-state index in [-0.39, 0.29) is 0 Å². The number of anilines is 2. The number of benzene rings is 2. The van der Waals surface area contributed by atoms with Crippen molar-refractivity contribution in [1.82, 2.24) is 9.38 Å². The topological polar surface area (TPSA) is 79.2 Å². The van der Waals surface area contributed by atoms with Crippen LogP contribution in [0.1, 0.15) is 55.8 Å². The molecule has 1 fully saturated rings. The summed E-state index contributed by atoms with van der Waals surface area (Å²) in [6.07, 6.45) is 10.4. The molecule has 1 aliphatic rings. The van der Waals surface area contributed by atoms with Crippen LogP contribution in [0.5, 0.6) is 0 Å². The van der Waals surface area contributed by atoms with Gasteiger partial charge in [-0.25, -0.2) is 4.98 Å². The predicted molar refractivity (Wildman–Crippen MR) is 142 cm³/mol. The minimum Gasteiger partial charge on any atom is -0.398 e. The standard InChI is InChI=1S/C29H33N5/c1-20(30)25-18-22(13-14-26(25)31)23-16-17-34-28(19-23)33-27(15-12-21-8-4-2-5-9-21)29(34)32-24-10-6-3-7-11-24/h2,4-5,8-9,13-14,16-19,24,30,32H,3,6-7,10-12,15,31H2,1H3. The number of nitrogens with zero attached hydrogens (tertiary/aromatic N) is 2. The number of hydrogen-bond donors (Lipinski definition) is 3. The van der Waals surface area contributed by atoms with Crippen molar-refractivity contribution in [3.05, 3.63) is 83.7 Å². The molecule has 174 valence electrons. The third-order valence-corrected chi connectivity index (χ3v) is 6.93. The second kappa shape index (κ2) is 9.72. The SMILES string of the molecule is CC(=N)c1cc(-c2ccn3c(NC4CCCCC4)c(CCc4ccccc4)nc3c2)ccc1N. The van der Waals surface area contributed by atoms with Crippen LogP contribution in [0.25, 0.3) is 16.8 Å². The average Bonchev–Trinajstić information content (AvgIpc) is 3.20. The van der Waals surface area contributed by atoms with Gasteiger partial charge < -0.3 is 16.5 Å². The van der Waals surface area contributed by atoms with E-state index in [1.165, 1.54) is 37.7 Å². The minimum atomic E-state index is 0.475. The lowest BCUT2D eigenvalue weighted by Gasteiger charge is -2.24. The van der Waals surface area contributed by atoms with Crippen molar-refractivity contribution in [1.29, 1.82) is 5.41 Å². The van der Waals surface area contributed by atoms with Gasteiger partial charge in [-0.05, 0) is 73.6 Å². The first-order valence-electron chi connectivity index (χ1n) is 12.4. The second-order valence-electron chi connectivity index (χ2n) is 9.44.